The van der Waals surface area contributed by atoms with Gasteiger partial charge in [0.25, 0.3) is 5.91 Å². The summed E-state index contributed by atoms with van der Waals surface area (Å²) in [7, 11) is 1.54. The van der Waals surface area contributed by atoms with Crippen molar-refractivity contribution in [2.45, 2.75) is 19.4 Å². The lowest BCUT2D eigenvalue weighted by molar-refractivity contribution is -0.117. The monoisotopic (exact) mass is 435 g/mol. The Hall–Kier alpha value is -2.71. The number of rotatable bonds is 7. The van der Waals surface area contributed by atoms with Crippen LogP contribution in [0.5, 0.6) is 5.88 Å². The molecule has 7 nitrogen and oxygen atoms in total. The lowest BCUT2D eigenvalue weighted by Crippen LogP contribution is -2.46. The predicted octanol–water partition coefficient (Wildman–Crippen LogP) is 2.54. The van der Waals surface area contributed by atoms with Crippen LogP contribution in [0, 0.1) is 5.82 Å². The Morgan fingerprint density at radius 1 is 1.37 bits per heavy atom. The van der Waals surface area contributed by atoms with E-state index in [2.05, 4.69) is 10.3 Å². The molecule has 0 bridgehead atoms. The van der Waals surface area contributed by atoms with Crippen LogP contribution in [0.25, 0.3) is 0 Å². The van der Waals surface area contributed by atoms with Crippen molar-refractivity contribution in [3.8, 4) is 5.88 Å². The third-order valence-corrected chi connectivity index (χ3v) is 4.94. The maximum absolute atomic E-state index is 13.3. The second-order valence-electron chi connectivity index (χ2n) is 6.93. The number of nitrogens with one attached hydrogen (secondary N) is 1. The van der Waals surface area contributed by atoms with Gasteiger partial charge in [0.05, 0.1) is 12.6 Å². The van der Waals surface area contributed by atoms with Crippen molar-refractivity contribution < 1.29 is 23.5 Å². The summed E-state index contributed by atoms with van der Waals surface area (Å²) in [5, 5.41) is 2.75. The Labute approximate surface area is 179 Å². The summed E-state index contributed by atoms with van der Waals surface area (Å²) in [6.07, 6.45) is 0.324. The van der Waals surface area contributed by atoms with E-state index in [-0.39, 0.29) is 47.7 Å². The number of alkyl halides is 1. The van der Waals surface area contributed by atoms with Crippen LogP contribution in [0.4, 0.5) is 10.1 Å². The molecule has 3 rings (SSSR count). The van der Waals surface area contributed by atoms with Gasteiger partial charge in [-0.25, -0.2) is 9.37 Å². The summed E-state index contributed by atoms with van der Waals surface area (Å²) in [5.74, 6) is -0.992. The smallest absolute Gasteiger partial charge is 0.270 e. The van der Waals surface area contributed by atoms with Gasteiger partial charge >= 0.3 is 0 Å². The summed E-state index contributed by atoms with van der Waals surface area (Å²) in [5.41, 5.74) is 2.02. The van der Waals surface area contributed by atoms with Crippen molar-refractivity contribution in [2.24, 2.45) is 0 Å². The van der Waals surface area contributed by atoms with E-state index < -0.39 is 0 Å². The molecular weight excluding hydrogens is 413 g/mol. The highest BCUT2D eigenvalue weighted by Crippen LogP contribution is 2.35. The second-order valence-corrected chi connectivity index (χ2v) is 7.20. The van der Waals surface area contributed by atoms with Crippen molar-refractivity contribution in [3.05, 3.63) is 53.0 Å². The quantitative estimate of drug-likeness (QED) is 0.534. The molecule has 0 fully saturated rings. The fraction of sp³-hybridized carbons (Fsp3) is 0.381. The number of halogens is 2. The van der Waals surface area contributed by atoms with Crippen molar-refractivity contribution in [2.75, 3.05) is 37.6 Å². The van der Waals surface area contributed by atoms with Crippen molar-refractivity contribution in [3.63, 3.8) is 0 Å². The van der Waals surface area contributed by atoms with Crippen LogP contribution in [-0.4, -0.2) is 55.6 Å². The third kappa shape index (κ3) is 4.88. The Balaban J connectivity index is 2.03. The molecule has 1 atom stereocenters. The highest BCUT2D eigenvalue weighted by Gasteiger charge is 2.32. The molecule has 0 radical (unpaired) electrons. The Bertz CT molecular complexity index is 923. The summed E-state index contributed by atoms with van der Waals surface area (Å²) < 4.78 is 24.0. The fourth-order valence-electron chi connectivity index (χ4n) is 3.26. The van der Waals surface area contributed by atoms with Gasteiger partial charge < -0.3 is 19.7 Å². The van der Waals surface area contributed by atoms with Gasteiger partial charge in [0.15, 0.2) is 0 Å². The highest BCUT2D eigenvalue weighted by molar-refractivity contribution is 6.29. The molecule has 1 aliphatic heterocycles. The number of fused-ring (bicyclic) bond motifs is 1. The minimum atomic E-state index is -0.385. The van der Waals surface area contributed by atoms with Crippen LogP contribution < -0.4 is 15.0 Å². The second kappa shape index (κ2) is 9.86. The Morgan fingerprint density at radius 2 is 2.10 bits per heavy atom. The highest BCUT2D eigenvalue weighted by atomic mass is 35.5. The van der Waals surface area contributed by atoms with Crippen LogP contribution >= 0.6 is 11.6 Å². The third-order valence-electron chi connectivity index (χ3n) is 4.71. The molecule has 2 amide bonds. The lowest BCUT2D eigenvalue weighted by atomic mass is 10.0. The topological polar surface area (TPSA) is 80.8 Å². The maximum atomic E-state index is 13.3. The Kier molecular flexibility index (Phi) is 7.23. The summed E-state index contributed by atoms with van der Waals surface area (Å²) in [4.78, 5) is 31.1. The SMILES string of the molecule is COCCNC(=O)c1nc2c(cc1Cc1ccc(F)cc1)N(C(=O)CCl)[C@@H](C)CO2. The minimum Gasteiger partial charge on any atom is -0.474 e. The van der Waals surface area contributed by atoms with Gasteiger partial charge in [-0.05, 0) is 42.7 Å². The molecule has 0 spiro atoms. The minimum absolute atomic E-state index is 0.182. The van der Waals surface area contributed by atoms with Crippen LogP contribution in [0.2, 0.25) is 0 Å². The zero-order valence-electron chi connectivity index (χ0n) is 16.8. The lowest BCUT2D eigenvalue weighted by Gasteiger charge is -2.34. The number of nitrogens with zero attached hydrogens (tertiary/aromatic N) is 2. The molecule has 2 heterocycles. The van der Waals surface area contributed by atoms with Gasteiger partial charge in [-0.1, -0.05) is 12.1 Å². The number of amides is 2. The number of hydrogen-bond acceptors (Lipinski definition) is 5. The number of benzene rings is 1. The molecule has 2 aromatic rings. The van der Waals surface area contributed by atoms with Gasteiger partial charge in [-0.3, -0.25) is 9.59 Å². The average molecular weight is 436 g/mol. The van der Waals surface area contributed by atoms with Gasteiger partial charge in [-0.2, -0.15) is 0 Å². The van der Waals surface area contributed by atoms with Crippen LogP contribution in [0.3, 0.4) is 0 Å². The first-order valence-corrected chi connectivity index (χ1v) is 10.0. The Morgan fingerprint density at radius 3 is 2.77 bits per heavy atom. The van der Waals surface area contributed by atoms with Crippen LogP contribution in [0.15, 0.2) is 30.3 Å². The average Bonchev–Trinajstić information content (AvgIpc) is 2.74. The first-order valence-electron chi connectivity index (χ1n) is 9.51. The number of aromatic nitrogens is 1. The predicted molar refractivity (Wildman–Crippen MR) is 111 cm³/mol. The summed E-state index contributed by atoms with van der Waals surface area (Å²) >= 11 is 5.79. The molecule has 1 aromatic carbocycles. The molecule has 0 unspecified atom stereocenters. The molecule has 0 aliphatic carbocycles. The number of anilines is 1. The number of carbonyl (C=O) groups excluding carboxylic acids is 2. The van der Waals surface area contributed by atoms with E-state index in [4.69, 9.17) is 21.1 Å². The van der Waals surface area contributed by atoms with Crippen molar-refractivity contribution >= 4 is 29.1 Å². The first kappa shape index (κ1) is 22.0. The summed E-state index contributed by atoms with van der Waals surface area (Å²) in [6.45, 7) is 2.76. The molecular formula is C21H23ClFN3O4. The van der Waals surface area contributed by atoms with E-state index in [1.807, 2.05) is 6.92 Å². The molecule has 160 valence electrons. The zero-order valence-corrected chi connectivity index (χ0v) is 17.5. The number of hydrogen-bond donors (Lipinski definition) is 1. The molecule has 30 heavy (non-hydrogen) atoms. The molecule has 0 saturated heterocycles. The number of ether oxygens (including phenoxy) is 2. The largest absolute Gasteiger partial charge is 0.474 e. The number of carbonyl (C=O) groups is 2. The summed E-state index contributed by atoms with van der Waals surface area (Å²) in [6, 6.07) is 7.48. The van der Waals surface area contributed by atoms with E-state index in [1.165, 1.54) is 12.1 Å². The van der Waals surface area contributed by atoms with E-state index in [1.54, 1.807) is 30.2 Å². The van der Waals surface area contributed by atoms with E-state index in [0.29, 0.717) is 30.8 Å². The maximum Gasteiger partial charge on any atom is 0.270 e. The van der Waals surface area contributed by atoms with Gasteiger partial charge in [0.1, 0.15) is 29.7 Å². The standard InChI is InChI=1S/C21H23ClFN3O4/c1-13-12-30-21-17(26(13)18(27)11-22)10-15(9-14-3-5-16(23)6-4-14)19(25-21)20(28)24-7-8-29-2/h3-6,10,13H,7-9,11-12H2,1-2H3,(H,24,28)/t13-/m0/s1. The van der Waals surface area contributed by atoms with Crippen molar-refractivity contribution in [1.82, 2.24) is 10.3 Å². The molecule has 9 heteroatoms. The van der Waals surface area contributed by atoms with Crippen LogP contribution in [-0.2, 0) is 16.0 Å². The van der Waals surface area contributed by atoms with Gasteiger partial charge in [0.2, 0.25) is 11.8 Å². The van der Waals surface area contributed by atoms with E-state index in [9.17, 15) is 14.0 Å². The molecule has 1 aromatic heterocycles. The zero-order chi connectivity index (χ0) is 21.7. The number of methoxy groups -OCH3 is 1. The number of pyridine rings is 1. The van der Waals surface area contributed by atoms with Gasteiger partial charge in [0, 0.05) is 13.7 Å². The molecule has 1 aliphatic rings. The van der Waals surface area contributed by atoms with E-state index in [0.717, 1.165) is 5.56 Å². The fourth-order valence-corrected chi connectivity index (χ4v) is 3.39. The van der Waals surface area contributed by atoms with Gasteiger partial charge in [-0.15, -0.1) is 11.6 Å². The van der Waals surface area contributed by atoms with E-state index >= 15 is 0 Å². The first-order chi connectivity index (χ1) is 14.4. The van der Waals surface area contributed by atoms with Crippen molar-refractivity contribution in [1.29, 1.82) is 0 Å². The molecule has 1 N–H and O–H groups in total. The molecule has 0 saturated carbocycles. The normalized spacial score (nSPS) is 15.3. The van der Waals surface area contributed by atoms with Crippen LogP contribution in [0.1, 0.15) is 28.5 Å².